The first kappa shape index (κ1) is 18.5. The van der Waals surface area contributed by atoms with Crippen molar-refractivity contribution < 1.29 is 19.1 Å². The van der Waals surface area contributed by atoms with E-state index in [9.17, 15) is 9.59 Å². The largest absolute Gasteiger partial charge is 0.466 e. The van der Waals surface area contributed by atoms with Crippen molar-refractivity contribution in [3.8, 4) is 0 Å². The Morgan fingerprint density at radius 1 is 1.13 bits per heavy atom. The summed E-state index contributed by atoms with van der Waals surface area (Å²) >= 11 is 4.48. The third kappa shape index (κ3) is 4.37. The lowest BCUT2D eigenvalue weighted by molar-refractivity contribution is -0.143. The number of nitrogens with one attached hydrogen (secondary N) is 1. The summed E-state index contributed by atoms with van der Waals surface area (Å²) in [6.45, 7) is 4.21. The monoisotopic (exact) mass is 541 g/mol. The quantitative estimate of drug-likeness (QED) is 0.443. The van der Waals surface area contributed by atoms with Gasteiger partial charge in [0, 0.05) is 24.5 Å². The summed E-state index contributed by atoms with van der Waals surface area (Å²) in [6.07, 6.45) is 0.666. The van der Waals surface area contributed by atoms with Gasteiger partial charge in [-0.3, -0.25) is 4.79 Å². The number of aromatic nitrogens is 1. The molecule has 23 heavy (non-hydrogen) atoms. The van der Waals surface area contributed by atoms with Gasteiger partial charge in [0.05, 0.1) is 13.2 Å². The van der Waals surface area contributed by atoms with Crippen molar-refractivity contribution in [1.82, 2.24) is 4.98 Å². The van der Waals surface area contributed by atoms with Crippen molar-refractivity contribution in [3.63, 3.8) is 0 Å². The van der Waals surface area contributed by atoms with Gasteiger partial charge in [0.15, 0.2) is 0 Å². The highest BCUT2D eigenvalue weighted by atomic mass is 127. The number of carbonyl (C=O) groups excluding carboxylic acids is 2. The zero-order valence-electron chi connectivity index (χ0n) is 12.9. The fourth-order valence-electron chi connectivity index (χ4n) is 2.40. The van der Waals surface area contributed by atoms with Gasteiger partial charge in [-0.05, 0) is 83.1 Å². The lowest BCUT2D eigenvalue weighted by atomic mass is 10.1. The minimum atomic E-state index is -0.395. The van der Waals surface area contributed by atoms with Gasteiger partial charge in [0.1, 0.15) is 5.69 Å². The number of halogens is 2. The molecule has 0 atom stereocenters. The standard InChI is InChI=1S/C16H17I2NO4/c1-3-22-13(20)6-5-10-14-11(18)7-9(17)8-12(14)19-15(10)16(21)23-4-2/h7-8,19H,3-6H2,1-2H3. The van der Waals surface area contributed by atoms with Crippen molar-refractivity contribution in [1.29, 1.82) is 0 Å². The van der Waals surface area contributed by atoms with Crippen LogP contribution in [0, 0.1) is 7.14 Å². The number of rotatable bonds is 6. The van der Waals surface area contributed by atoms with Gasteiger partial charge in [-0.25, -0.2) is 4.79 Å². The van der Waals surface area contributed by atoms with E-state index < -0.39 is 5.97 Å². The Bertz CT molecular complexity index is 739. The van der Waals surface area contributed by atoms with Crippen LogP contribution in [-0.4, -0.2) is 30.1 Å². The molecule has 2 rings (SSSR count). The zero-order valence-corrected chi connectivity index (χ0v) is 17.2. The number of hydrogen-bond acceptors (Lipinski definition) is 4. The molecule has 0 saturated carbocycles. The first-order chi connectivity index (χ1) is 11.0. The molecular formula is C16H17I2NO4. The molecule has 0 saturated heterocycles. The number of aromatic amines is 1. The molecule has 1 heterocycles. The van der Waals surface area contributed by atoms with Crippen LogP contribution in [0.4, 0.5) is 0 Å². The third-order valence-corrected chi connectivity index (χ3v) is 4.76. The Kier molecular flexibility index (Phi) is 6.69. The fourth-order valence-corrected chi connectivity index (χ4v) is 4.57. The van der Waals surface area contributed by atoms with Crippen molar-refractivity contribution in [2.45, 2.75) is 26.7 Å². The number of benzene rings is 1. The summed E-state index contributed by atoms with van der Waals surface area (Å²) < 4.78 is 12.2. The first-order valence-electron chi connectivity index (χ1n) is 7.30. The molecule has 0 aliphatic carbocycles. The van der Waals surface area contributed by atoms with Crippen LogP contribution < -0.4 is 0 Å². The SMILES string of the molecule is CCOC(=O)CCc1c(C(=O)OCC)[nH]c2cc(I)cc(I)c12. The normalized spacial score (nSPS) is 10.8. The van der Waals surface area contributed by atoms with Crippen LogP contribution in [0.1, 0.15) is 36.3 Å². The summed E-state index contributed by atoms with van der Waals surface area (Å²) in [5.41, 5.74) is 2.11. The second kappa shape index (κ2) is 8.32. The van der Waals surface area contributed by atoms with E-state index in [0.29, 0.717) is 25.3 Å². The van der Waals surface area contributed by atoms with Gasteiger partial charge in [-0.2, -0.15) is 0 Å². The molecule has 1 N–H and O–H groups in total. The van der Waals surface area contributed by atoms with Crippen LogP contribution in [0.25, 0.3) is 10.9 Å². The molecule has 0 fully saturated rings. The molecule has 0 aliphatic rings. The van der Waals surface area contributed by atoms with E-state index in [-0.39, 0.29) is 12.4 Å². The number of ether oxygens (including phenoxy) is 2. The third-order valence-electron chi connectivity index (χ3n) is 3.28. The number of H-pyrrole nitrogens is 1. The van der Waals surface area contributed by atoms with Crippen molar-refractivity contribution in [2.24, 2.45) is 0 Å². The Morgan fingerprint density at radius 3 is 2.48 bits per heavy atom. The molecule has 5 nitrogen and oxygen atoms in total. The number of fused-ring (bicyclic) bond motifs is 1. The topological polar surface area (TPSA) is 68.4 Å². The number of aryl methyl sites for hydroxylation is 1. The van der Waals surface area contributed by atoms with Gasteiger partial charge in [0.25, 0.3) is 0 Å². The van der Waals surface area contributed by atoms with E-state index in [1.165, 1.54) is 0 Å². The van der Waals surface area contributed by atoms with E-state index >= 15 is 0 Å². The molecule has 0 bridgehead atoms. The van der Waals surface area contributed by atoms with Crippen LogP contribution >= 0.6 is 45.2 Å². The van der Waals surface area contributed by atoms with Crippen molar-refractivity contribution in [2.75, 3.05) is 13.2 Å². The summed E-state index contributed by atoms with van der Waals surface area (Å²) in [5.74, 6) is -0.662. The van der Waals surface area contributed by atoms with Crippen LogP contribution in [0.2, 0.25) is 0 Å². The highest BCUT2D eigenvalue weighted by molar-refractivity contribution is 14.1. The van der Waals surface area contributed by atoms with Crippen LogP contribution in [-0.2, 0) is 20.7 Å². The predicted molar refractivity (Wildman–Crippen MR) is 105 cm³/mol. The molecule has 124 valence electrons. The summed E-state index contributed by atoms with van der Waals surface area (Å²) in [7, 11) is 0. The van der Waals surface area contributed by atoms with Gasteiger partial charge in [-0.15, -0.1) is 0 Å². The van der Waals surface area contributed by atoms with Gasteiger partial charge in [-0.1, -0.05) is 0 Å². The molecular weight excluding hydrogens is 524 g/mol. The average molecular weight is 541 g/mol. The Morgan fingerprint density at radius 2 is 1.83 bits per heavy atom. The highest BCUT2D eigenvalue weighted by Gasteiger charge is 2.21. The Balaban J connectivity index is 2.46. The van der Waals surface area contributed by atoms with Crippen LogP contribution in [0.3, 0.4) is 0 Å². The van der Waals surface area contributed by atoms with E-state index in [1.54, 1.807) is 13.8 Å². The van der Waals surface area contributed by atoms with Crippen LogP contribution in [0.5, 0.6) is 0 Å². The first-order valence-corrected chi connectivity index (χ1v) is 9.46. The molecule has 0 unspecified atom stereocenters. The maximum Gasteiger partial charge on any atom is 0.355 e. The zero-order chi connectivity index (χ0) is 17.0. The Hall–Kier alpha value is -0.840. The van der Waals surface area contributed by atoms with E-state index in [0.717, 1.165) is 23.6 Å². The van der Waals surface area contributed by atoms with Crippen molar-refractivity contribution in [3.05, 3.63) is 30.5 Å². The lowest BCUT2D eigenvalue weighted by Gasteiger charge is -2.06. The minimum absolute atomic E-state index is 0.231. The van der Waals surface area contributed by atoms with Crippen molar-refractivity contribution >= 4 is 68.0 Å². The molecule has 0 radical (unpaired) electrons. The van der Waals surface area contributed by atoms with Gasteiger partial charge < -0.3 is 14.5 Å². The number of carbonyl (C=O) groups is 2. The maximum absolute atomic E-state index is 12.2. The molecule has 1 aromatic heterocycles. The maximum atomic E-state index is 12.2. The average Bonchev–Trinajstić information content (AvgIpc) is 2.84. The van der Waals surface area contributed by atoms with E-state index in [1.807, 2.05) is 12.1 Å². The smallest absolute Gasteiger partial charge is 0.355 e. The summed E-state index contributed by atoms with van der Waals surface area (Å²) in [5, 5.41) is 0.971. The molecule has 0 spiro atoms. The molecule has 0 aliphatic heterocycles. The summed E-state index contributed by atoms with van der Waals surface area (Å²) in [4.78, 5) is 27.0. The molecule has 2 aromatic rings. The van der Waals surface area contributed by atoms with Crippen LogP contribution in [0.15, 0.2) is 12.1 Å². The number of hydrogen-bond donors (Lipinski definition) is 1. The lowest BCUT2D eigenvalue weighted by Crippen LogP contribution is -2.10. The summed E-state index contributed by atoms with van der Waals surface area (Å²) in [6, 6.07) is 4.02. The van der Waals surface area contributed by atoms with E-state index in [4.69, 9.17) is 9.47 Å². The van der Waals surface area contributed by atoms with Gasteiger partial charge in [0.2, 0.25) is 0 Å². The molecule has 0 amide bonds. The number of esters is 2. The second-order valence-corrected chi connectivity index (χ2v) is 7.22. The fraction of sp³-hybridized carbons (Fsp3) is 0.375. The molecule has 1 aromatic carbocycles. The second-order valence-electron chi connectivity index (χ2n) is 4.81. The Labute approximate surface area is 161 Å². The van der Waals surface area contributed by atoms with Gasteiger partial charge >= 0.3 is 11.9 Å². The minimum Gasteiger partial charge on any atom is -0.466 e. The van der Waals surface area contributed by atoms with E-state index in [2.05, 4.69) is 50.2 Å². The molecule has 7 heteroatoms. The highest BCUT2D eigenvalue weighted by Crippen LogP contribution is 2.30. The predicted octanol–water partition coefficient (Wildman–Crippen LogP) is 4.05.